The minimum absolute atomic E-state index is 0.195. The minimum Gasteiger partial charge on any atom is -0.299 e. The fourth-order valence-electron chi connectivity index (χ4n) is 2.24. The topological polar surface area (TPSA) is 17.1 Å². The first-order valence-electron chi connectivity index (χ1n) is 5.63. The molecular formula is C13H14ClFO. The molecule has 0 radical (unpaired) electrons. The third-order valence-electron chi connectivity index (χ3n) is 3.19. The molecule has 0 atom stereocenters. The van der Waals surface area contributed by atoms with Crippen molar-refractivity contribution in [2.75, 3.05) is 0 Å². The van der Waals surface area contributed by atoms with Crippen LogP contribution in [0.1, 0.15) is 31.2 Å². The Morgan fingerprint density at radius 1 is 1.38 bits per heavy atom. The van der Waals surface area contributed by atoms with Crippen molar-refractivity contribution < 1.29 is 9.18 Å². The number of hydrogen-bond donors (Lipinski definition) is 0. The van der Waals surface area contributed by atoms with Crippen LogP contribution in [0, 0.1) is 11.7 Å². The molecule has 0 aromatic heterocycles. The fraction of sp³-hybridized carbons (Fsp3) is 0.462. The maximum absolute atomic E-state index is 12.8. The van der Waals surface area contributed by atoms with Gasteiger partial charge >= 0.3 is 0 Å². The first-order valence-corrected chi connectivity index (χ1v) is 6.01. The van der Waals surface area contributed by atoms with Gasteiger partial charge in [0.1, 0.15) is 11.6 Å². The van der Waals surface area contributed by atoms with Crippen molar-refractivity contribution in [3.63, 3.8) is 0 Å². The maximum atomic E-state index is 12.8. The van der Waals surface area contributed by atoms with Gasteiger partial charge in [0.2, 0.25) is 0 Å². The average molecular weight is 241 g/mol. The molecule has 1 nitrogen and oxygen atoms in total. The van der Waals surface area contributed by atoms with Crippen LogP contribution in [0.4, 0.5) is 4.39 Å². The first kappa shape index (κ1) is 11.6. The molecule has 1 aromatic carbocycles. The van der Waals surface area contributed by atoms with Crippen LogP contribution in [0.25, 0.3) is 0 Å². The van der Waals surface area contributed by atoms with E-state index in [1.165, 1.54) is 12.1 Å². The predicted molar refractivity (Wildman–Crippen MR) is 62.1 cm³/mol. The summed E-state index contributed by atoms with van der Waals surface area (Å²) in [5.41, 5.74) is 0.736. The predicted octanol–water partition coefficient (Wildman–Crippen LogP) is 3.78. The van der Waals surface area contributed by atoms with Gasteiger partial charge < -0.3 is 0 Å². The van der Waals surface area contributed by atoms with Gasteiger partial charge in [0, 0.05) is 17.4 Å². The standard InChI is InChI=1S/C13H14ClFO/c14-12-8-11(15)6-5-10(12)7-13(16)9-3-1-2-4-9/h5-6,8-9H,1-4,7H2. The van der Waals surface area contributed by atoms with E-state index in [0.717, 1.165) is 31.2 Å². The summed E-state index contributed by atoms with van der Waals surface area (Å²) in [6.45, 7) is 0. The highest BCUT2D eigenvalue weighted by Gasteiger charge is 2.23. The van der Waals surface area contributed by atoms with Gasteiger partial charge in [-0.15, -0.1) is 0 Å². The Morgan fingerprint density at radius 2 is 2.06 bits per heavy atom. The lowest BCUT2D eigenvalue weighted by Crippen LogP contribution is -2.13. The maximum Gasteiger partial charge on any atom is 0.140 e. The van der Waals surface area contributed by atoms with Crippen molar-refractivity contribution in [3.8, 4) is 0 Å². The summed E-state index contributed by atoms with van der Waals surface area (Å²) in [4.78, 5) is 11.9. The zero-order chi connectivity index (χ0) is 11.5. The van der Waals surface area contributed by atoms with Crippen LogP contribution in [-0.2, 0) is 11.2 Å². The second-order valence-corrected chi connectivity index (χ2v) is 4.77. The molecule has 16 heavy (non-hydrogen) atoms. The lowest BCUT2D eigenvalue weighted by molar-refractivity contribution is -0.122. The molecule has 0 bridgehead atoms. The molecule has 1 aliphatic carbocycles. The minimum atomic E-state index is -0.359. The number of rotatable bonds is 3. The number of carbonyl (C=O) groups is 1. The van der Waals surface area contributed by atoms with E-state index < -0.39 is 0 Å². The number of hydrogen-bond acceptors (Lipinski definition) is 1. The Hall–Kier alpha value is -0.890. The molecular weight excluding hydrogens is 227 g/mol. The monoisotopic (exact) mass is 240 g/mol. The molecule has 1 saturated carbocycles. The quantitative estimate of drug-likeness (QED) is 0.786. The van der Waals surface area contributed by atoms with Crippen LogP contribution in [0.2, 0.25) is 5.02 Å². The Kier molecular flexibility index (Phi) is 3.59. The van der Waals surface area contributed by atoms with Gasteiger partial charge in [-0.3, -0.25) is 4.79 Å². The average Bonchev–Trinajstić information content (AvgIpc) is 2.75. The van der Waals surface area contributed by atoms with E-state index in [-0.39, 0.29) is 17.5 Å². The molecule has 3 heteroatoms. The number of benzene rings is 1. The second-order valence-electron chi connectivity index (χ2n) is 4.36. The summed E-state index contributed by atoms with van der Waals surface area (Å²) in [6, 6.07) is 4.21. The largest absolute Gasteiger partial charge is 0.299 e. The van der Waals surface area contributed by atoms with Gasteiger partial charge in [0.25, 0.3) is 0 Å². The van der Waals surface area contributed by atoms with Crippen LogP contribution in [0.5, 0.6) is 0 Å². The first-order chi connectivity index (χ1) is 7.66. The highest BCUT2D eigenvalue weighted by molar-refractivity contribution is 6.31. The van der Waals surface area contributed by atoms with Gasteiger partial charge in [0.15, 0.2) is 0 Å². The molecule has 0 heterocycles. The molecule has 2 rings (SSSR count). The zero-order valence-electron chi connectivity index (χ0n) is 9.01. The number of Topliss-reactive ketones (excluding diaryl/α,β-unsaturated/α-hetero) is 1. The number of carbonyl (C=O) groups excluding carboxylic acids is 1. The fourth-order valence-corrected chi connectivity index (χ4v) is 2.48. The molecule has 0 aliphatic heterocycles. The van der Waals surface area contributed by atoms with E-state index in [0.29, 0.717) is 11.4 Å². The van der Waals surface area contributed by atoms with Crippen molar-refractivity contribution in [1.82, 2.24) is 0 Å². The summed E-state index contributed by atoms with van der Waals surface area (Å²) in [5, 5.41) is 0.353. The van der Waals surface area contributed by atoms with Crippen LogP contribution >= 0.6 is 11.6 Å². The van der Waals surface area contributed by atoms with Crippen LogP contribution < -0.4 is 0 Å². The zero-order valence-corrected chi connectivity index (χ0v) is 9.77. The lowest BCUT2D eigenvalue weighted by Gasteiger charge is -2.08. The third kappa shape index (κ3) is 2.62. The smallest absolute Gasteiger partial charge is 0.140 e. The van der Waals surface area contributed by atoms with Crippen LogP contribution in [0.3, 0.4) is 0 Å². The Bertz CT molecular complexity index is 397. The molecule has 0 saturated heterocycles. The van der Waals surface area contributed by atoms with Crippen molar-refractivity contribution in [3.05, 3.63) is 34.6 Å². The molecule has 1 aliphatic rings. The molecule has 0 amide bonds. The Labute approximate surface area is 99.6 Å². The Balaban J connectivity index is 2.05. The normalized spacial score (nSPS) is 16.6. The Morgan fingerprint density at radius 3 is 2.69 bits per heavy atom. The van der Waals surface area contributed by atoms with E-state index in [4.69, 9.17) is 11.6 Å². The van der Waals surface area contributed by atoms with E-state index in [9.17, 15) is 9.18 Å². The van der Waals surface area contributed by atoms with Crippen molar-refractivity contribution in [1.29, 1.82) is 0 Å². The summed E-state index contributed by atoms with van der Waals surface area (Å²) in [7, 11) is 0. The molecule has 0 unspecified atom stereocenters. The van der Waals surface area contributed by atoms with E-state index in [1.54, 1.807) is 6.07 Å². The third-order valence-corrected chi connectivity index (χ3v) is 3.54. The SMILES string of the molecule is O=C(Cc1ccc(F)cc1Cl)C1CCCC1. The molecule has 1 aromatic rings. The van der Waals surface area contributed by atoms with E-state index in [2.05, 4.69) is 0 Å². The lowest BCUT2D eigenvalue weighted by atomic mass is 9.96. The van der Waals surface area contributed by atoms with Gasteiger partial charge in [-0.2, -0.15) is 0 Å². The van der Waals surface area contributed by atoms with Gasteiger partial charge in [-0.05, 0) is 30.5 Å². The summed E-state index contributed by atoms with van der Waals surface area (Å²) < 4.78 is 12.8. The van der Waals surface area contributed by atoms with Gasteiger partial charge in [0.05, 0.1) is 0 Å². The number of halogens is 2. The van der Waals surface area contributed by atoms with E-state index >= 15 is 0 Å². The molecule has 1 fully saturated rings. The summed E-state index contributed by atoms with van der Waals surface area (Å²) in [6.07, 6.45) is 4.63. The van der Waals surface area contributed by atoms with Crippen LogP contribution in [-0.4, -0.2) is 5.78 Å². The second kappa shape index (κ2) is 4.96. The van der Waals surface area contributed by atoms with E-state index in [1.807, 2.05) is 0 Å². The molecule has 86 valence electrons. The summed E-state index contributed by atoms with van der Waals surface area (Å²) in [5.74, 6) is 0.0780. The summed E-state index contributed by atoms with van der Waals surface area (Å²) >= 11 is 5.89. The van der Waals surface area contributed by atoms with Crippen molar-refractivity contribution in [2.24, 2.45) is 5.92 Å². The molecule has 0 spiro atoms. The van der Waals surface area contributed by atoms with Crippen molar-refractivity contribution >= 4 is 17.4 Å². The highest BCUT2D eigenvalue weighted by atomic mass is 35.5. The van der Waals surface area contributed by atoms with Crippen molar-refractivity contribution in [2.45, 2.75) is 32.1 Å². The molecule has 0 N–H and O–H groups in total. The highest BCUT2D eigenvalue weighted by Crippen LogP contribution is 2.27. The van der Waals surface area contributed by atoms with Gasteiger partial charge in [-0.1, -0.05) is 30.5 Å². The number of ketones is 1. The van der Waals surface area contributed by atoms with Gasteiger partial charge in [-0.25, -0.2) is 4.39 Å². The van der Waals surface area contributed by atoms with Crippen LogP contribution in [0.15, 0.2) is 18.2 Å².